The summed E-state index contributed by atoms with van der Waals surface area (Å²) in [5.41, 5.74) is 1.68. The number of amides is 2. The maximum atomic E-state index is 13.2. The monoisotopic (exact) mass is 497 g/mol. The number of thiophene rings is 1. The van der Waals surface area contributed by atoms with Crippen LogP contribution in [-0.2, 0) is 14.8 Å². The minimum atomic E-state index is -3.57. The van der Waals surface area contributed by atoms with Crippen LogP contribution in [0.5, 0.6) is 0 Å². The molecule has 1 atom stereocenters. The average molecular weight is 498 g/mol. The van der Waals surface area contributed by atoms with E-state index >= 15 is 0 Å². The summed E-state index contributed by atoms with van der Waals surface area (Å²) in [7, 11) is -3.57. The number of nitrogens with one attached hydrogen (secondary N) is 2. The zero-order valence-corrected chi connectivity index (χ0v) is 20.4. The molecule has 2 amide bonds. The Kier molecular flexibility index (Phi) is 7.45. The molecule has 9 heteroatoms. The van der Waals surface area contributed by atoms with Crippen LogP contribution in [0.15, 0.2) is 77.0 Å². The van der Waals surface area contributed by atoms with Crippen molar-refractivity contribution in [2.75, 3.05) is 13.1 Å². The van der Waals surface area contributed by atoms with E-state index in [4.69, 9.17) is 0 Å². The highest BCUT2D eigenvalue weighted by Crippen LogP contribution is 2.22. The Balaban J connectivity index is 1.40. The van der Waals surface area contributed by atoms with Crippen molar-refractivity contribution in [2.45, 2.75) is 36.7 Å². The van der Waals surface area contributed by atoms with E-state index in [1.54, 1.807) is 48.5 Å². The van der Waals surface area contributed by atoms with Crippen LogP contribution in [0.2, 0.25) is 0 Å². The third kappa shape index (κ3) is 5.55. The summed E-state index contributed by atoms with van der Waals surface area (Å²) in [5.74, 6) is -0.617. The largest absolute Gasteiger partial charge is 0.351 e. The normalized spacial score (nSPS) is 16.0. The summed E-state index contributed by atoms with van der Waals surface area (Å²) in [6.07, 6.45) is 0.994. The predicted octanol–water partition coefficient (Wildman–Crippen LogP) is 3.50. The van der Waals surface area contributed by atoms with Gasteiger partial charge in [-0.25, -0.2) is 8.42 Å². The Labute approximate surface area is 203 Å². The fourth-order valence-electron chi connectivity index (χ4n) is 3.94. The Morgan fingerprint density at radius 2 is 1.65 bits per heavy atom. The van der Waals surface area contributed by atoms with Crippen molar-refractivity contribution in [3.8, 4) is 0 Å². The number of carbonyl (C=O) groups is 2. The fourth-order valence-corrected chi connectivity index (χ4v) is 6.04. The molecule has 2 heterocycles. The number of hydrogen-bond donors (Lipinski definition) is 2. The third-order valence-corrected chi connectivity index (χ3v) is 8.66. The first-order valence-corrected chi connectivity index (χ1v) is 13.4. The molecule has 1 saturated heterocycles. The first-order chi connectivity index (χ1) is 16.3. The Morgan fingerprint density at radius 1 is 0.971 bits per heavy atom. The van der Waals surface area contributed by atoms with Gasteiger partial charge in [0.2, 0.25) is 15.9 Å². The lowest BCUT2D eigenvalue weighted by Crippen LogP contribution is -2.49. The molecule has 34 heavy (non-hydrogen) atoms. The lowest BCUT2D eigenvalue weighted by molar-refractivity contribution is -0.124. The van der Waals surface area contributed by atoms with Crippen LogP contribution >= 0.6 is 11.3 Å². The summed E-state index contributed by atoms with van der Waals surface area (Å²) in [4.78, 5) is 26.6. The minimum absolute atomic E-state index is 0.179. The molecule has 2 N–H and O–H groups in total. The van der Waals surface area contributed by atoms with Gasteiger partial charge in [-0.05, 0) is 48.9 Å². The van der Waals surface area contributed by atoms with E-state index in [1.165, 1.54) is 15.6 Å². The van der Waals surface area contributed by atoms with Crippen molar-refractivity contribution >= 4 is 33.2 Å². The second-order valence-corrected chi connectivity index (χ2v) is 11.2. The van der Waals surface area contributed by atoms with Gasteiger partial charge in [0, 0.05) is 19.1 Å². The lowest BCUT2D eigenvalue weighted by atomic mass is 10.0. The Morgan fingerprint density at radius 3 is 2.26 bits per heavy atom. The topological polar surface area (TPSA) is 95.6 Å². The van der Waals surface area contributed by atoms with E-state index < -0.39 is 16.1 Å². The molecule has 2 aromatic carbocycles. The second-order valence-electron chi connectivity index (χ2n) is 8.29. The molecule has 1 unspecified atom stereocenters. The van der Waals surface area contributed by atoms with Crippen LogP contribution in [0.25, 0.3) is 0 Å². The van der Waals surface area contributed by atoms with Gasteiger partial charge in [-0.2, -0.15) is 4.31 Å². The number of sulfonamides is 1. The molecular formula is C25H27N3O4S2. The maximum absolute atomic E-state index is 13.2. The Hall–Kier alpha value is -3.01. The first kappa shape index (κ1) is 24.1. The maximum Gasteiger partial charge on any atom is 0.262 e. The van der Waals surface area contributed by atoms with Crippen LogP contribution in [0.1, 0.15) is 39.7 Å². The molecule has 0 saturated carbocycles. The number of nitrogens with zero attached hydrogens (tertiary/aromatic N) is 1. The number of piperidine rings is 1. The summed E-state index contributed by atoms with van der Waals surface area (Å²) in [5, 5.41) is 7.66. The molecule has 1 aliphatic heterocycles. The van der Waals surface area contributed by atoms with Crippen LogP contribution in [-0.4, -0.2) is 43.7 Å². The van der Waals surface area contributed by atoms with Crippen LogP contribution in [0, 0.1) is 6.92 Å². The molecule has 0 aliphatic carbocycles. The van der Waals surface area contributed by atoms with Crippen molar-refractivity contribution in [1.82, 2.24) is 14.9 Å². The van der Waals surface area contributed by atoms with Crippen LogP contribution in [0.4, 0.5) is 0 Å². The smallest absolute Gasteiger partial charge is 0.262 e. The summed E-state index contributed by atoms with van der Waals surface area (Å²) in [6.45, 7) is 2.55. The predicted molar refractivity (Wildman–Crippen MR) is 132 cm³/mol. The molecule has 1 aliphatic rings. The second kappa shape index (κ2) is 10.5. The third-order valence-electron chi connectivity index (χ3n) is 5.87. The number of carbonyl (C=O) groups excluding carboxylic acids is 2. The van der Waals surface area contributed by atoms with Gasteiger partial charge in [0.25, 0.3) is 5.91 Å². The molecule has 7 nitrogen and oxygen atoms in total. The van der Waals surface area contributed by atoms with Crippen molar-refractivity contribution in [3.63, 3.8) is 0 Å². The summed E-state index contributed by atoms with van der Waals surface area (Å²) < 4.78 is 27.4. The molecule has 1 aromatic heterocycles. The minimum Gasteiger partial charge on any atom is -0.351 e. The van der Waals surface area contributed by atoms with Gasteiger partial charge >= 0.3 is 0 Å². The van der Waals surface area contributed by atoms with Crippen molar-refractivity contribution in [3.05, 3.63) is 88.1 Å². The first-order valence-electron chi connectivity index (χ1n) is 11.1. The molecule has 0 radical (unpaired) electrons. The molecule has 0 bridgehead atoms. The molecule has 4 rings (SSSR count). The van der Waals surface area contributed by atoms with E-state index in [0.717, 1.165) is 5.56 Å². The van der Waals surface area contributed by atoms with E-state index in [2.05, 4.69) is 10.6 Å². The number of aryl methyl sites for hydroxylation is 1. The van der Waals surface area contributed by atoms with Gasteiger partial charge in [-0.1, -0.05) is 54.1 Å². The van der Waals surface area contributed by atoms with Gasteiger partial charge in [-0.15, -0.1) is 11.3 Å². The highest BCUT2D eigenvalue weighted by Gasteiger charge is 2.32. The van der Waals surface area contributed by atoms with Crippen LogP contribution in [0.3, 0.4) is 0 Å². The SMILES string of the molecule is Cc1ccc(S(=O)(=O)N2CCC(NC(=O)C(NC(=O)c3cccs3)c3ccccc3)CC2)cc1. The fraction of sp³-hybridized carbons (Fsp3) is 0.280. The standard InChI is InChI=1S/C25H27N3O4S2/c1-18-9-11-21(12-10-18)34(31,32)28-15-13-20(14-16-28)26-25(30)23(19-6-3-2-4-7-19)27-24(29)22-8-5-17-33-22/h2-12,17,20,23H,13-16H2,1H3,(H,26,30)(H,27,29). The lowest BCUT2D eigenvalue weighted by Gasteiger charge is -2.32. The number of hydrogen-bond acceptors (Lipinski definition) is 5. The van der Waals surface area contributed by atoms with Gasteiger partial charge in [-0.3, -0.25) is 9.59 Å². The molecule has 3 aromatic rings. The van der Waals surface area contributed by atoms with Gasteiger partial charge < -0.3 is 10.6 Å². The van der Waals surface area contributed by atoms with E-state index in [-0.39, 0.29) is 22.8 Å². The van der Waals surface area contributed by atoms with E-state index in [0.29, 0.717) is 36.4 Å². The molecule has 178 valence electrons. The number of benzene rings is 2. The summed E-state index contributed by atoms with van der Waals surface area (Å²) >= 11 is 1.31. The van der Waals surface area contributed by atoms with Crippen molar-refractivity contribution in [1.29, 1.82) is 0 Å². The highest BCUT2D eigenvalue weighted by molar-refractivity contribution is 7.89. The van der Waals surface area contributed by atoms with Gasteiger partial charge in [0.1, 0.15) is 6.04 Å². The van der Waals surface area contributed by atoms with Crippen molar-refractivity contribution < 1.29 is 18.0 Å². The average Bonchev–Trinajstić information content (AvgIpc) is 3.39. The molecular weight excluding hydrogens is 470 g/mol. The van der Waals surface area contributed by atoms with E-state index in [1.807, 2.05) is 30.5 Å². The van der Waals surface area contributed by atoms with E-state index in [9.17, 15) is 18.0 Å². The zero-order valence-electron chi connectivity index (χ0n) is 18.8. The van der Waals surface area contributed by atoms with Gasteiger partial charge in [0.15, 0.2) is 0 Å². The number of rotatable bonds is 7. The quantitative estimate of drug-likeness (QED) is 0.522. The van der Waals surface area contributed by atoms with Crippen molar-refractivity contribution in [2.24, 2.45) is 0 Å². The molecule has 1 fully saturated rings. The zero-order chi connectivity index (χ0) is 24.1. The Bertz CT molecular complexity index is 1220. The molecule has 0 spiro atoms. The van der Waals surface area contributed by atoms with Gasteiger partial charge in [0.05, 0.1) is 9.77 Å². The summed E-state index contributed by atoms with van der Waals surface area (Å²) in [6, 6.07) is 18.4. The highest BCUT2D eigenvalue weighted by atomic mass is 32.2. The van der Waals surface area contributed by atoms with Crippen LogP contribution < -0.4 is 10.6 Å².